The van der Waals surface area contributed by atoms with Gasteiger partial charge in [-0.3, -0.25) is 9.59 Å². The molecule has 0 amide bonds. The normalized spacial score (nSPS) is 12.6. The zero-order valence-electron chi connectivity index (χ0n) is 29.2. The first-order valence-electron chi connectivity index (χ1n) is 17.1. The standard InChI is InChI=1S/C43H42Cl2O7/c1-30(41(45)43(47)48-2)35-14-12-32(13-15-35)25-27-50-37-20-22-39(23-21-37)52-42(46)40(44)28-33-10-8-31(9-11-33)24-26-49-36-16-18-38(19-17-36)51-29-34-6-4-3-5-7-34/h3-23,30,40-41H,24-29H2,1-2H3. The van der Waals surface area contributed by atoms with Crippen molar-refractivity contribution < 1.29 is 33.3 Å². The molecule has 0 aliphatic heterocycles. The summed E-state index contributed by atoms with van der Waals surface area (Å²) in [4.78, 5) is 24.4. The Morgan fingerprint density at radius 1 is 0.558 bits per heavy atom. The Morgan fingerprint density at radius 3 is 1.58 bits per heavy atom. The molecule has 0 radical (unpaired) electrons. The minimum atomic E-state index is -0.838. The maximum Gasteiger partial charge on any atom is 0.329 e. The van der Waals surface area contributed by atoms with Crippen molar-refractivity contribution in [1.82, 2.24) is 0 Å². The topological polar surface area (TPSA) is 80.3 Å². The van der Waals surface area contributed by atoms with Crippen LogP contribution >= 0.6 is 23.2 Å². The van der Waals surface area contributed by atoms with E-state index in [2.05, 4.69) is 0 Å². The number of alkyl halides is 2. The van der Waals surface area contributed by atoms with Crippen molar-refractivity contribution in [2.45, 2.75) is 49.5 Å². The molecule has 0 heterocycles. The molecular weight excluding hydrogens is 699 g/mol. The van der Waals surface area contributed by atoms with Crippen molar-refractivity contribution in [2.75, 3.05) is 20.3 Å². The number of benzene rings is 5. The molecule has 3 atom stereocenters. The third-order valence-corrected chi connectivity index (χ3v) is 9.39. The molecule has 9 heteroatoms. The molecule has 5 aromatic rings. The predicted molar refractivity (Wildman–Crippen MR) is 204 cm³/mol. The van der Waals surface area contributed by atoms with Crippen molar-refractivity contribution in [3.63, 3.8) is 0 Å². The van der Waals surface area contributed by atoms with Crippen molar-refractivity contribution in [3.05, 3.63) is 155 Å². The Labute approximate surface area is 315 Å². The van der Waals surface area contributed by atoms with E-state index in [-0.39, 0.29) is 5.92 Å². The zero-order valence-corrected chi connectivity index (χ0v) is 30.7. The molecule has 0 aliphatic carbocycles. The maximum atomic E-state index is 12.7. The summed E-state index contributed by atoms with van der Waals surface area (Å²) in [6, 6.07) is 40.4. The number of hydrogen-bond acceptors (Lipinski definition) is 7. The Balaban J connectivity index is 0.980. The van der Waals surface area contributed by atoms with E-state index in [1.54, 1.807) is 24.3 Å². The largest absolute Gasteiger partial charge is 0.493 e. The maximum absolute atomic E-state index is 12.7. The van der Waals surface area contributed by atoms with Crippen LogP contribution in [0.15, 0.2) is 127 Å². The van der Waals surface area contributed by atoms with Gasteiger partial charge in [0.05, 0.1) is 20.3 Å². The summed E-state index contributed by atoms with van der Waals surface area (Å²) in [5.41, 5.74) is 5.22. The summed E-state index contributed by atoms with van der Waals surface area (Å²) in [5, 5.41) is -1.58. The van der Waals surface area contributed by atoms with Crippen molar-refractivity contribution >= 4 is 35.1 Å². The molecule has 0 N–H and O–H groups in total. The predicted octanol–water partition coefficient (Wildman–Crippen LogP) is 9.15. The molecule has 0 spiro atoms. The van der Waals surface area contributed by atoms with Gasteiger partial charge in [-0.2, -0.15) is 0 Å². The van der Waals surface area contributed by atoms with Gasteiger partial charge in [0.1, 0.15) is 40.4 Å². The lowest BCUT2D eigenvalue weighted by Gasteiger charge is -2.16. The summed E-state index contributed by atoms with van der Waals surface area (Å²) in [7, 11) is 1.33. The SMILES string of the molecule is COC(=O)C(Cl)C(C)c1ccc(CCOc2ccc(OC(=O)C(Cl)Cc3ccc(CCOc4ccc(OCc5ccccc5)cc4)cc3)cc2)cc1. The van der Waals surface area contributed by atoms with Crippen LogP contribution in [0.2, 0.25) is 0 Å². The van der Waals surface area contributed by atoms with Crippen LogP contribution in [-0.4, -0.2) is 43.0 Å². The fraction of sp³-hybridized carbons (Fsp3) is 0.256. The highest BCUT2D eigenvalue weighted by Gasteiger charge is 2.24. The van der Waals surface area contributed by atoms with Crippen molar-refractivity contribution in [2.24, 2.45) is 0 Å². The van der Waals surface area contributed by atoms with Gasteiger partial charge in [-0.05, 0) is 82.8 Å². The number of esters is 2. The molecule has 0 saturated carbocycles. The van der Waals surface area contributed by atoms with E-state index in [0.717, 1.165) is 45.7 Å². The lowest BCUT2D eigenvalue weighted by atomic mass is 9.96. The highest BCUT2D eigenvalue weighted by atomic mass is 35.5. The number of hydrogen-bond donors (Lipinski definition) is 0. The molecule has 0 aliphatic rings. The van der Waals surface area contributed by atoms with Crippen LogP contribution in [0, 0.1) is 0 Å². The number of carbonyl (C=O) groups excluding carboxylic acids is 2. The van der Waals surface area contributed by atoms with Gasteiger partial charge < -0.3 is 23.7 Å². The van der Waals surface area contributed by atoms with Crippen molar-refractivity contribution in [3.8, 4) is 23.0 Å². The summed E-state index contributed by atoms with van der Waals surface area (Å²) >= 11 is 12.6. The molecule has 0 saturated heterocycles. The van der Waals surface area contributed by atoms with Crippen LogP contribution in [0.4, 0.5) is 0 Å². The second-order valence-electron chi connectivity index (χ2n) is 12.3. The fourth-order valence-corrected chi connectivity index (χ4v) is 5.79. The lowest BCUT2D eigenvalue weighted by molar-refractivity contribution is -0.140. The van der Waals surface area contributed by atoms with Gasteiger partial charge in [-0.25, -0.2) is 0 Å². The second-order valence-corrected chi connectivity index (χ2v) is 13.3. The smallest absolute Gasteiger partial charge is 0.329 e. The van der Waals surface area contributed by atoms with Crippen LogP contribution in [0.25, 0.3) is 0 Å². The number of rotatable bonds is 18. The molecule has 5 aromatic carbocycles. The third kappa shape index (κ3) is 11.8. The van der Waals surface area contributed by atoms with E-state index in [1.807, 2.05) is 110 Å². The fourth-order valence-electron chi connectivity index (χ4n) is 5.34. The first-order chi connectivity index (χ1) is 25.3. The van der Waals surface area contributed by atoms with Gasteiger partial charge in [-0.1, -0.05) is 85.8 Å². The van der Waals surface area contributed by atoms with Gasteiger partial charge in [-0.15, -0.1) is 23.2 Å². The van der Waals surface area contributed by atoms with Gasteiger partial charge in [0, 0.05) is 18.8 Å². The minimum Gasteiger partial charge on any atom is -0.493 e. The molecule has 3 unspecified atom stereocenters. The van der Waals surface area contributed by atoms with Gasteiger partial charge >= 0.3 is 11.9 Å². The monoisotopic (exact) mass is 740 g/mol. The van der Waals surface area contributed by atoms with E-state index in [4.69, 9.17) is 46.9 Å². The minimum absolute atomic E-state index is 0.174. The third-order valence-electron chi connectivity index (χ3n) is 8.50. The second kappa shape index (κ2) is 19.6. The molecule has 270 valence electrons. The summed E-state index contributed by atoms with van der Waals surface area (Å²) < 4.78 is 27.9. The van der Waals surface area contributed by atoms with Gasteiger partial charge in [0.2, 0.25) is 0 Å². The quantitative estimate of drug-likeness (QED) is 0.0504. The van der Waals surface area contributed by atoms with E-state index < -0.39 is 22.7 Å². The van der Waals surface area contributed by atoms with Gasteiger partial charge in [0.25, 0.3) is 0 Å². The highest BCUT2D eigenvalue weighted by Crippen LogP contribution is 2.25. The van der Waals surface area contributed by atoms with Gasteiger partial charge in [0.15, 0.2) is 0 Å². The Kier molecular flexibility index (Phi) is 14.4. The number of methoxy groups -OCH3 is 1. The van der Waals surface area contributed by atoms with Crippen LogP contribution in [0.3, 0.4) is 0 Å². The van der Waals surface area contributed by atoms with E-state index in [0.29, 0.717) is 44.2 Å². The van der Waals surface area contributed by atoms with E-state index in [1.165, 1.54) is 7.11 Å². The molecule has 5 rings (SSSR count). The van der Waals surface area contributed by atoms with E-state index >= 15 is 0 Å². The molecular formula is C43H42Cl2O7. The highest BCUT2D eigenvalue weighted by molar-refractivity contribution is 6.30. The molecule has 0 fully saturated rings. The average molecular weight is 742 g/mol. The van der Waals surface area contributed by atoms with Crippen LogP contribution in [0.5, 0.6) is 23.0 Å². The van der Waals surface area contributed by atoms with Crippen LogP contribution in [-0.2, 0) is 40.2 Å². The first kappa shape index (κ1) is 38.3. The first-order valence-corrected chi connectivity index (χ1v) is 18.0. The Hall–Kier alpha value is -4.98. The van der Waals surface area contributed by atoms with Crippen LogP contribution < -0.4 is 18.9 Å². The van der Waals surface area contributed by atoms with E-state index in [9.17, 15) is 9.59 Å². The Morgan fingerprint density at radius 2 is 1.04 bits per heavy atom. The summed E-state index contributed by atoms with van der Waals surface area (Å²) in [6.45, 7) is 3.40. The number of halogens is 2. The van der Waals surface area contributed by atoms with Crippen molar-refractivity contribution in [1.29, 1.82) is 0 Å². The summed E-state index contributed by atoms with van der Waals surface area (Å²) in [5.74, 6) is 1.48. The lowest BCUT2D eigenvalue weighted by Crippen LogP contribution is -2.23. The zero-order chi connectivity index (χ0) is 36.7. The number of ether oxygens (including phenoxy) is 5. The summed E-state index contributed by atoms with van der Waals surface area (Å²) in [6.07, 6.45) is 1.77. The molecule has 0 aromatic heterocycles. The average Bonchev–Trinajstić information content (AvgIpc) is 3.18. The molecule has 52 heavy (non-hydrogen) atoms. The molecule has 0 bridgehead atoms. The molecule has 7 nitrogen and oxygen atoms in total. The number of carbonyl (C=O) groups is 2. The van der Waals surface area contributed by atoms with Crippen LogP contribution in [0.1, 0.15) is 40.7 Å². The Bertz CT molecular complexity index is 1830.